The minimum absolute atomic E-state index is 0.161. The molecule has 3 rings (SSSR count). The maximum absolute atomic E-state index is 10.8. The van der Waals surface area contributed by atoms with E-state index in [0.29, 0.717) is 17.5 Å². The van der Waals surface area contributed by atoms with Gasteiger partial charge in [-0.1, -0.05) is 42.1 Å². The average Bonchev–Trinajstić information content (AvgIpc) is 3.08. The summed E-state index contributed by atoms with van der Waals surface area (Å²) in [7, 11) is 1.62. The summed E-state index contributed by atoms with van der Waals surface area (Å²) in [5.41, 5.74) is 2.09. The minimum Gasteiger partial charge on any atom is -0.549 e. The smallest absolute Gasteiger partial charge is 0.191 e. The van der Waals surface area contributed by atoms with Gasteiger partial charge < -0.3 is 19.2 Å². The van der Waals surface area contributed by atoms with Crippen molar-refractivity contribution >= 4 is 17.7 Å². The third kappa shape index (κ3) is 4.43. The van der Waals surface area contributed by atoms with Crippen molar-refractivity contribution in [1.82, 2.24) is 14.8 Å². The Labute approximate surface area is 155 Å². The van der Waals surface area contributed by atoms with E-state index in [1.165, 1.54) is 5.56 Å². The van der Waals surface area contributed by atoms with Gasteiger partial charge in [0.15, 0.2) is 11.0 Å². The zero-order valence-corrected chi connectivity index (χ0v) is 15.1. The third-order valence-corrected chi connectivity index (χ3v) is 4.79. The largest absolute Gasteiger partial charge is 0.549 e. The number of carbonyl (C=O) groups is 1. The zero-order chi connectivity index (χ0) is 18.4. The fourth-order valence-electron chi connectivity index (χ4n) is 2.56. The lowest BCUT2D eigenvalue weighted by Gasteiger charge is -2.11. The Balaban J connectivity index is 1.88. The van der Waals surface area contributed by atoms with Crippen LogP contribution >= 0.6 is 11.8 Å². The molecule has 0 atom stereocenters. The number of carboxylic acids is 1. The molecular formula is C19H18N3O3S-. The van der Waals surface area contributed by atoms with Crippen molar-refractivity contribution in [2.24, 2.45) is 0 Å². The molecule has 0 unspecified atom stereocenters. The number of methoxy groups -OCH3 is 1. The molecule has 6 nitrogen and oxygen atoms in total. The fourth-order valence-corrected chi connectivity index (χ4v) is 3.24. The van der Waals surface area contributed by atoms with E-state index < -0.39 is 5.97 Å². The number of ether oxygens (including phenoxy) is 1. The van der Waals surface area contributed by atoms with Crippen molar-refractivity contribution in [1.29, 1.82) is 0 Å². The lowest BCUT2D eigenvalue weighted by molar-refractivity contribution is -0.301. The predicted octanol–water partition coefficient (Wildman–Crippen LogP) is 2.04. The number of rotatable bonds is 8. The molecule has 2 aromatic carbocycles. The van der Waals surface area contributed by atoms with Crippen molar-refractivity contribution in [3.63, 3.8) is 0 Å². The molecule has 0 bridgehead atoms. The lowest BCUT2D eigenvalue weighted by Crippen LogP contribution is -2.24. The number of hydrogen-bond acceptors (Lipinski definition) is 6. The van der Waals surface area contributed by atoms with Gasteiger partial charge in [0.1, 0.15) is 5.75 Å². The summed E-state index contributed by atoms with van der Waals surface area (Å²) in [5.74, 6) is 0.171. The Hall–Kier alpha value is -2.80. The Morgan fingerprint density at radius 2 is 1.85 bits per heavy atom. The van der Waals surface area contributed by atoms with Crippen molar-refractivity contribution in [2.75, 3.05) is 12.9 Å². The van der Waals surface area contributed by atoms with Gasteiger partial charge in [-0.25, -0.2) is 0 Å². The summed E-state index contributed by atoms with van der Waals surface area (Å²) in [6.07, 6.45) is 0.793. The van der Waals surface area contributed by atoms with E-state index in [4.69, 9.17) is 4.74 Å². The maximum atomic E-state index is 10.8. The van der Waals surface area contributed by atoms with Gasteiger partial charge in [-0.2, -0.15) is 0 Å². The van der Waals surface area contributed by atoms with E-state index in [1.54, 1.807) is 7.11 Å². The van der Waals surface area contributed by atoms with E-state index in [-0.39, 0.29) is 5.75 Å². The summed E-state index contributed by atoms with van der Waals surface area (Å²) < 4.78 is 7.14. The number of hydrogen-bond donors (Lipinski definition) is 0. The highest BCUT2D eigenvalue weighted by atomic mass is 32.2. The number of benzene rings is 2. The molecule has 0 saturated carbocycles. The molecule has 0 aliphatic rings. The van der Waals surface area contributed by atoms with E-state index in [9.17, 15) is 9.90 Å². The first-order valence-electron chi connectivity index (χ1n) is 8.11. The van der Waals surface area contributed by atoms with Gasteiger partial charge in [0.2, 0.25) is 0 Å². The van der Waals surface area contributed by atoms with Crippen LogP contribution in [0.1, 0.15) is 5.56 Å². The number of aryl methyl sites for hydroxylation is 1. The van der Waals surface area contributed by atoms with E-state index >= 15 is 0 Å². The molecule has 0 aliphatic carbocycles. The second-order valence-corrected chi connectivity index (χ2v) is 6.53. The highest BCUT2D eigenvalue weighted by Crippen LogP contribution is 2.26. The molecule has 26 heavy (non-hydrogen) atoms. The molecule has 7 heteroatoms. The van der Waals surface area contributed by atoms with Crippen LogP contribution in [0.15, 0.2) is 59.8 Å². The average molecular weight is 368 g/mol. The molecule has 134 valence electrons. The molecule has 0 N–H and O–H groups in total. The third-order valence-electron chi connectivity index (χ3n) is 3.85. The van der Waals surface area contributed by atoms with Gasteiger partial charge in [0.25, 0.3) is 0 Å². The number of aromatic nitrogens is 3. The Morgan fingerprint density at radius 3 is 2.50 bits per heavy atom. The molecular weight excluding hydrogens is 350 g/mol. The molecule has 0 fully saturated rings. The fraction of sp³-hybridized carbons (Fsp3) is 0.211. The molecule has 0 spiro atoms. The van der Waals surface area contributed by atoms with Gasteiger partial charge in [-0.05, 0) is 36.2 Å². The summed E-state index contributed by atoms with van der Waals surface area (Å²) in [4.78, 5) is 10.8. The molecule has 1 heterocycles. The minimum atomic E-state index is -1.13. The number of aliphatic carboxylic acids is 1. The summed E-state index contributed by atoms with van der Waals surface area (Å²) in [6.45, 7) is 0.647. The highest BCUT2D eigenvalue weighted by molar-refractivity contribution is 7.99. The number of carbonyl (C=O) groups excluding carboxylic acids is 1. The van der Waals surface area contributed by atoms with Gasteiger partial charge in [-0.15, -0.1) is 10.2 Å². The van der Waals surface area contributed by atoms with Crippen molar-refractivity contribution in [3.05, 3.63) is 60.2 Å². The van der Waals surface area contributed by atoms with Gasteiger partial charge in [0.05, 0.1) is 13.1 Å². The van der Waals surface area contributed by atoms with Crippen LogP contribution in [0, 0.1) is 0 Å². The van der Waals surface area contributed by atoms with Crippen LogP contribution in [0.5, 0.6) is 5.75 Å². The van der Waals surface area contributed by atoms with Crippen molar-refractivity contribution in [3.8, 4) is 17.1 Å². The quantitative estimate of drug-likeness (QED) is 0.566. The number of carboxylic acid groups (broad SMARTS) is 1. The monoisotopic (exact) mass is 368 g/mol. The van der Waals surface area contributed by atoms with Crippen LogP contribution in [-0.4, -0.2) is 33.6 Å². The molecule has 0 aliphatic heterocycles. The second-order valence-electron chi connectivity index (χ2n) is 5.58. The Bertz CT molecular complexity index is 863. The maximum Gasteiger partial charge on any atom is 0.191 e. The molecule has 0 amide bonds. The van der Waals surface area contributed by atoms with Gasteiger partial charge >= 0.3 is 0 Å². The normalized spacial score (nSPS) is 10.7. The SMILES string of the molecule is COc1ccc(-c2nnc(SCC(=O)[O-])n2CCc2ccccc2)cc1. The van der Waals surface area contributed by atoms with Crippen LogP contribution < -0.4 is 9.84 Å². The van der Waals surface area contributed by atoms with E-state index in [1.807, 2.05) is 47.0 Å². The molecule has 3 aromatic rings. The van der Waals surface area contributed by atoms with Gasteiger partial charge in [0, 0.05) is 17.9 Å². The molecule has 0 radical (unpaired) electrons. The number of nitrogens with zero attached hydrogens (tertiary/aromatic N) is 3. The topological polar surface area (TPSA) is 80.1 Å². The highest BCUT2D eigenvalue weighted by Gasteiger charge is 2.14. The Kier molecular flexibility index (Phi) is 5.91. The first-order chi connectivity index (χ1) is 12.7. The summed E-state index contributed by atoms with van der Waals surface area (Å²) >= 11 is 1.12. The van der Waals surface area contributed by atoms with Crippen LogP contribution in [0.3, 0.4) is 0 Å². The molecule has 1 aromatic heterocycles. The van der Waals surface area contributed by atoms with Crippen LogP contribution in [-0.2, 0) is 17.8 Å². The number of thioether (sulfide) groups is 1. The Morgan fingerprint density at radius 1 is 1.12 bits per heavy atom. The predicted molar refractivity (Wildman–Crippen MR) is 97.9 cm³/mol. The van der Waals surface area contributed by atoms with Crippen LogP contribution in [0.2, 0.25) is 0 Å². The van der Waals surface area contributed by atoms with Gasteiger partial charge in [-0.3, -0.25) is 0 Å². The van der Waals surface area contributed by atoms with E-state index in [2.05, 4.69) is 22.3 Å². The first-order valence-corrected chi connectivity index (χ1v) is 9.10. The first kappa shape index (κ1) is 18.0. The summed E-state index contributed by atoms with van der Waals surface area (Å²) in [5, 5.41) is 19.8. The van der Waals surface area contributed by atoms with Crippen molar-refractivity contribution in [2.45, 2.75) is 18.1 Å². The standard InChI is InChI=1S/C19H19N3O3S/c1-25-16-9-7-15(8-10-16)18-20-21-19(26-13-17(23)24)22(18)12-11-14-5-3-2-4-6-14/h2-10H,11-13H2,1H3,(H,23,24)/p-1. The summed E-state index contributed by atoms with van der Waals surface area (Å²) in [6, 6.07) is 17.6. The van der Waals surface area contributed by atoms with Crippen molar-refractivity contribution < 1.29 is 14.6 Å². The second kappa shape index (κ2) is 8.53. The van der Waals surface area contributed by atoms with E-state index in [0.717, 1.165) is 29.5 Å². The molecule has 0 saturated heterocycles. The van der Waals surface area contributed by atoms with Crippen LogP contribution in [0.25, 0.3) is 11.4 Å². The lowest BCUT2D eigenvalue weighted by atomic mass is 10.1. The zero-order valence-electron chi connectivity index (χ0n) is 14.3. The van der Waals surface area contributed by atoms with Crippen LogP contribution in [0.4, 0.5) is 0 Å².